The maximum absolute atomic E-state index is 5.19. The first kappa shape index (κ1) is 32.9. The maximum Gasteiger partial charge on any atom is 0.164 e. The Kier molecular flexibility index (Phi) is 8.51. The van der Waals surface area contributed by atoms with E-state index in [9.17, 15) is 0 Å². The summed E-state index contributed by atoms with van der Waals surface area (Å²) in [7, 11) is 0. The number of aryl methyl sites for hydroxylation is 1. The van der Waals surface area contributed by atoms with Gasteiger partial charge in [-0.15, -0.1) is 11.3 Å². The van der Waals surface area contributed by atoms with E-state index in [-0.39, 0.29) is 0 Å². The Morgan fingerprint density at radius 1 is 0.382 bits per heavy atom. The minimum Gasteiger partial charge on any atom is -0.208 e. The Balaban J connectivity index is 1.07. The Labute approximate surface area is 325 Å². The minimum absolute atomic E-state index is 0.634. The smallest absolute Gasteiger partial charge is 0.164 e. The molecule has 0 N–H and O–H groups in total. The van der Waals surface area contributed by atoms with Crippen LogP contribution in [0.2, 0.25) is 0 Å². The van der Waals surface area contributed by atoms with Gasteiger partial charge in [0.2, 0.25) is 0 Å². The number of fused-ring (bicyclic) bond motifs is 3. The first-order valence-corrected chi connectivity index (χ1v) is 19.6. The molecule has 0 spiro atoms. The highest BCUT2D eigenvalue weighted by molar-refractivity contribution is 7.20. The summed E-state index contributed by atoms with van der Waals surface area (Å²) in [6.45, 7) is 0. The van der Waals surface area contributed by atoms with Crippen molar-refractivity contribution >= 4 is 27.5 Å². The lowest BCUT2D eigenvalue weighted by Crippen LogP contribution is -2.01. The highest BCUT2D eigenvalue weighted by Crippen LogP contribution is 2.42. The van der Waals surface area contributed by atoms with Gasteiger partial charge in [-0.1, -0.05) is 170 Å². The third-order valence-electron chi connectivity index (χ3n) is 10.4. The van der Waals surface area contributed by atoms with E-state index in [2.05, 4.69) is 176 Å². The van der Waals surface area contributed by atoms with Crippen LogP contribution < -0.4 is 0 Å². The van der Waals surface area contributed by atoms with Gasteiger partial charge in [0.25, 0.3) is 0 Å². The third kappa shape index (κ3) is 6.37. The molecule has 2 aromatic heterocycles. The Morgan fingerprint density at radius 3 is 1.67 bits per heavy atom. The molecule has 0 saturated heterocycles. The lowest BCUT2D eigenvalue weighted by atomic mass is 9.95. The SMILES string of the molecule is C1=Cc2sc3c(-c4cccc(-c5cccc(-c6nc(-c7ccc(-c8ccccc8)cc7)nc(-c7ccccc7-c7ccccc7)n6)c5)c4)cccc3c2CC1. The number of hydrogen-bond donors (Lipinski definition) is 0. The van der Waals surface area contributed by atoms with Crippen LogP contribution in [0, 0.1) is 0 Å². The molecule has 1 aliphatic carbocycles. The number of allylic oxidation sites excluding steroid dienone is 1. The van der Waals surface area contributed by atoms with Crippen molar-refractivity contribution in [3.63, 3.8) is 0 Å². The van der Waals surface area contributed by atoms with Gasteiger partial charge in [-0.3, -0.25) is 0 Å². The maximum atomic E-state index is 5.19. The van der Waals surface area contributed by atoms with Gasteiger partial charge in [-0.05, 0) is 86.5 Å². The third-order valence-corrected chi connectivity index (χ3v) is 11.7. The topological polar surface area (TPSA) is 38.7 Å². The first-order chi connectivity index (χ1) is 27.2. The summed E-state index contributed by atoms with van der Waals surface area (Å²) in [5.74, 6) is 1.91. The predicted octanol–water partition coefficient (Wildman–Crippen LogP) is 13.7. The fraction of sp³-hybridized carbons (Fsp3) is 0.0392. The fourth-order valence-electron chi connectivity index (χ4n) is 7.68. The van der Waals surface area contributed by atoms with E-state index >= 15 is 0 Å². The van der Waals surface area contributed by atoms with Gasteiger partial charge in [0.15, 0.2) is 17.5 Å². The zero-order valence-corrected chi connectivity index (χ0v) is 30.9. The Morgan fingerprint density at radius 2 is 0.909 bits per heavy atom. The van der Waals surface area contributed by atoms with Gasteiger partial charge in [0.05, 0.1) is 0 Å². The van der Waals surface area contributed by atoms with Gasteiger partial charge in [-0.25, -0.2) is 15.0 Å². The average molecular weight is 722 g/mol. The van der Waals surface area contributed by atoms with Gasteiger partial charge in [0.1, 0.15) is 0 Å². The second-order valence-corrected chi connectivity index (χ2v) is 14.9. The van der Waals surface area contributed by atoms with Crippen molar-refractivity contribution in [2.24, 2.45) is 0 Å². The van der Waals surface area contributed by atoms with Crippen LogP contribution in [0.25, 0.3) is 94.8 Å². The summed E-state index contributed by atoms with van der Waals surface area (Å²) >= 11 is 1.91. The van der Waals surface area contributed by atoms with Crippen molar-refractivity contribution in [2.45, 2.75) is 12.8 Å². The summed E-state index contributed by atoms with van der Waals surface area (Å²) < 4.78 is 1.36. The highest BCUT2D eigenvalue weighted by Gasteiger charge is 2.18. The van der Waals surface area contributed by atoms with Crippen molar-refractivity contribution in [2.75, 3.05) is 0 Å². The molecule has 0 saturated carbocycles. The van der Waals surface area contributed by atoms with E-state index in [1.807, 2.05) is 23.5 Å². The van der Waals surface area contributed by atoms with Crippen molar-refractivity contribution in [3.05, 3.63) is 192 Å². The van der Waals surface area contributed by atoms with Crippen molar-refractivity contribution in [3.8, 4) is 78.7 Å². The summed E-state index contributed by atoms with van der Waals surface area (Å²) in [6.07, 6.45) is 6.82. The quantitative estimate of drug-likeness (QED) is 0.164. The predicted molar refractivity (Wildman–Crippen MR) is 231 cm³/mol. The second-order valence-electron chi connectivity index (χ2n) is 13.9. The molecular formula is C51H35N3S. The molecule has 9 aromatic rings. The summed E-state index contributed by atoms with van der Waals surface area (Å²) in [5, 5.41) is 1.39. The fourth-order valence-corrected chi connectivity index (χ4v) is 8.99. The molecule has 4 heteroatoms. The summed E-state index contributed by atoms with van der Waals surface area (Å²) in [5.41, 5.74) is 13.6. The lowest BCUT2D eigenvalue weighted by molar-refractivity contribution is 1.01. The molecule has 0 amide bonds. The monoisotopic (exact) mass is 721 g/mol. The van der Waals surface area contributed by atoms with Crippen molar-refractivity contribution in [1.29, 1.82) is 0 Å². The molecule has 0 radical (unpaired) electrons. The first-order valence-electron chi connectivity index (χ1n) is 18.7. The largest absolute Gasteiger partial charge is 0.208 e. The van der Waals surface area contributed by atoms with Crippen LogP contribution in [0.1, 0.15) is 16.9 Å². The second kappa shape index (κ2) is 14.2. The molecular weight excluding hydrogens is 687 g/mol. The summed E-state index contributed by atoms with van der Waals surface area (Å²) in [4.78, 5) is 16.9. The van der Waals surface area contributed by atoms with Gasteiger partial charge >= 0.3 is 0 Å². The lowest BCUT2D eigenvalue weighted by Gasteiger charge is -2.13. The van der Waals surface area contributed by atoms with E-state index in [0.717, 1.165) is 57.3 Å². The molecule has 10 rings (SSSR count). The van der Waals surface area contributed by atoms with Gasteiger partial charge in [-0.2, -0.15) is 0 Å². The number of benzene rings is 7. The Hall–Kier alpha value is -6.75. The normalized spacial score (nSPS) is 12.1. The molecule has 260 valence electrons. The van der Waals surface area contributed by atoms with Crippen LogP contribution in [0.3, 0.4) is 0 Å². The molecule has 0 bridgehead atoms. The zero-order chi connectivity index (χ0) is 36.6. The van der Waals surface area contributed by atoms with Crippen LogP contribution in [-0.4, -0.2) is 15.0 Å². The molecule has 0 aliphatic heterocycles. The van der Waals surface area contributed by atoms with Crippen molar-refractivity contribution < 1.29 is 0 Å². The van der Waals surface area contributed by atoms with E-state index < -0.39 is 0 Å². The molecule has 0 atom stereocenters. The molecule has 2 heterocycles. The van der Waals surface area contributed by atoms with Crippen LogP contribution in [-0.2, 0) is 6.42 Å². The number of thiophene rings is 1. The van der Waals surface area contributed by atoms with Gasteiger partial charge < -0.3 is 0 Å². The van der Waals surface area contributed by atoms with Crippen LogP contribution in [0.4, 0.5) is 0 Å². The summed E-state index contributed by atoms with van der Waals surface area (Å²) in [6, 6.07) is 62.0. The van der Waals surface area contributed by atoms with E-state index in [0.29, 0.717) is 17.5 Å². The molecule has 0 fully saturated rings. The van der Waals surface area contributed by atoms with Crippen LogP contribution in [0.15, 0.2) is 182 Å². The Bertz CT molecular complexity index is 2850. The number of hydrogen-bond acceptors (Lipinski definition) is 4. The standard InChI is InChI=1S/C51H35N3S/c1-3-14-34(15-4-1)35-28-30-37(31-29-35)49-52-50(54-51(53-49)46-24-8-7-22-42(46)36-16-5-2-6-17-36)41-21-12-19-39(33-41)38-18-11-20-40(32-38)43-25-13-26-45-44-23-9-10-27-47(44)55-48(43)45/h1-8,10-22,24-33H,9,23H2. The van der Waals surface area contributed by atoms with E-state index in [4.69, 9.17) is 15.0 Å². The molecule has 55 heavy (non-hydrogen) atoms. The molecule has 7 aromatic carbocycles. The highest BCUT2D eigenvalue weighted by atomic mass is 32.1. The zero-order valence-electron chi connectivity index (χ0n) is 30.1. The number of nitrogens with zero attached hydrogens (tertiary/aromatic N) is 3. The van der Waals surface area contributed by atoms with Crippen LogP contribution in [0.5, 0.6) is 0 Å². The number of aromatic nitrogens is 3. The van der Waals surface area contributed by atoms with E-state index in [1.54, 1.807) is 0 Å². The minimum atomic E-state index is 0.634. The molecule has 3 nitrogen and oxygen atoms in total. The average Bonchev–Trinajstić information content (AvgIpc) is 3.66. The van der Waals surface area contributed by atoms with Gasteiger partial charge in [0, 0.05) is 26.3 Å². The molecule has 0 unspecified atom stereocenters. The molecule has 1 aliphatic rings. The number of rotatable bonds is 7. The van der Waals surface area contributed by atoms with Crippen molar-refractivity contribution in [1.82, 2.24) is 15.0 Å². The van der Waals surface area contributed by atoms with Crippen LogP contribution >= 0.6 is 11.3 Å². The van der Waals surface area contributed by atoms with E-state index in [1.165, 1.54) is 37.2 Å².